The number of nitrogens with zero attached hydrogens (tertiary/aromatic N) is 1. The van der Waals surface area contributed by atoms with Crippen molar-refractivity contribution in [1.29, 1.82) is 0 Å². The molecule has 1 atom stereocenters. The summed E-state index contributed by atoms with van der Waals surface area (Å²) in [6.07, 6.45) is 6.48. The fraction of sp³-hybridized carbons (Fsp3) is 0.300. The van der Waals surface area contributed by atoms with E-state index in [1.807, 2.05) is 6.20 Å². The fourth-order valence-electron chi connectivity index (χ4n) is 5.83. The molecule has 179 valence electrons. The molecule has 7 rings (SSSR count). The Labute approximate surface area is 239 Å². The van der Waals surface area contributed by atoms with E-state index in [0.717, 1.165) is 0 Å². The third-order valence-corrected chi connectivity index (χ3v) is 13.2. The summed E-state index contributed by atoms with van der Waals surface area (Å²) in [4.78, 5) is 4.42. The van der Waals surface area contributed by atoms with Gasteiger partial charge in [0, 0.05) is 11.8 Å². The van der Waals surface area contributed by atoms with Crippen LogP contribution in [0.1, 0.15) is 54.9 Å². The fourth-order valence-corrected chi connectivity index (χ4v) is 10.5. The minimum Gasteiger partial charge on any atom is -1.00 e. The first kappa shape index (κ1) is 28.3. The van der Waals surface area contributed by atoms with Gasteiger partial charge in [0.2, 0.25) is 0 Å². The van der Waals surface area contributed by atoms with E-state index in [-0.39, 0.29) is 30.2 Å². The molecule has 35 heavy (non-hydrogen) atoms. The number of rotatable bonds is 1. The maximum atomic E-state index is 4.42. The predicted octanol–water partition coefficient (Wildman–Crippen LogP) is 2.05. The molecule has 3 heterocycles. The summed E-state index contributed by atoms with van der Waals surface area (Å²) >= 11 is 1.58. The maximum Gasteiger partial charge on any atom is -1.00 e. The van der Waals surface area contributed by atoms with Crippen LogP contribution in [0.25, 0.3) is 17.2 Å². The Morgan fingerprint density at radius 1 is 0.914 bits per heavy atom. The molecule has 0 saturated carbocycles. The van der Waals surface area contributed by atoms with Gasteiger partial charge >= 0.3 is 143 Å². The second-order valence-electron chi connectivity index (χ2n) is 11.2. The molecule has 0 aromatic heterocycles. The maximum absolute atomic E-state index is 4.42. The predicted molar refractivity (Wildman–Crippen MR) is 141 cm³/mol. The number of aliphatic imine (C=N–C) groups is 1. The molecule has 2 aromatic carbocycles. The van der Waals surface area contributed by atoms with Gasteiger partial charge in [-0.1, -0.05) is 13.1 Å². The minimum absolute atomic E-state index is 0. The summed E-state index contributed by atoms with van der Waals surface area (Å²) in [5.41, 5.74) is 13.0. The number of hydrogen-bond acceptors (Lipinski definition) is 1. The van der Waals surface area contributed by atoms with Crippen LogP contribution in [0.15, 0.2) is 86.8 Å². The molecule has 2 aromatic rings. The largest absolute Gasteiger partial charge is 1.00 e. The minimum atomic E-state index is -1.13. The Balaban J connectivity index is 0.000000208. The van der Waals surface area contributed by atoms with Gasteiger partial charge in [0.25, 0.3) is 0 Å². The first-order valence-electron chi connectivity index (χ1n) is 11.9. The van der Waals surface area contributed by atoms with Crippen LogP contribution in [0.2, 0.25) is 13.1 Å². The van der Waals surface area contributed by atoms with Crippen molar-refractivity contribution >= 4 is 19.9 Å². The van der Waals surface area contributed by atoms with Crippen LogP contribution >= 0.6 is 0 Å². The zero-order valence-corrected chi connectivity index (χ0v) is 26.5. The second-order valence-corrected chi connectivity index (χ2v) is 16.8. The van der Waals surface area contributed by atoms with Crippen molar-refractivity contribution in [2.45, 2.75) is 56.8 Å². The first-order chi connectivity index (χ1) is 15.5. The molecule has 0 spiro atoms. The molecule has 1 nitrogen and oxygen atoms in total. The van der Waals surface area contributed by atoms with Crippen LogP contribution in [0.5, 0.6) is 0 Å². The number of benzene rings is 2. The van der Waals surface area contributed by atoms with E-state index in [9.17, 15) is 0 Å². The summed E-state index contributed by atoms with van der Waals surface area (Å²) in [7, 11) is -1.13. The number of halogens is 2. The van der Waals surface area contributed by atoms with Crippen LogP contribution in [-0.2, 0) is 30.1 Å². The molecule has 5 heteroatoms. The van der Waals surface area contributed by atoms with Crippen LogP contribution in [-0.4, -0.2) is 13.8 Å². The average molecular weight is 597 g/mol. The van der Waals surface area contributed by atoms with Gasteiger partial charge in [-0.05, 0) is 29.0 Å². The Morgan fingerprint density at radius 3 is 2.14 bits per heavy atom. The Bertz CT molecular complexity index is 1340. The quantitative estimate of drug-likeness (QED) is 0.447. The van der Waals surface area contributed by atoms with Crippen molar-refractivity contribution in [2.24, 2.45) is 4.99 Å². The van der Waals surface area contributed by atoms with E-state index in [2.05, 4.69) is 107 Å². The molecule has 3 aliphatic heterocycles. The van der Waals surface area contributed by atoms with Crippen molar-refractivity contribution < 1.29 is 49.5 Å². The van der Waals surface area contributed by atoms with Gasteiger partial charge in [-0.25, -0.2) is 0 Å². The van der Waals surface area contributed by atoms with Gasteiger partial charge in [0.15, 0.2) is 0 Å². The van der Waals surface area contributed by atoms with E-state index in [1.54, 1.807) is 35.1 Å². The monoisotopic (exact) mass is 594 g/mol. The third-order valence-electron chi connectivity index (χ3n) is 7.55. The molecule has 0 radical (unpaired) electrons. The summed E-state index contributed by atoms with van der Waals surface area (Å²) in [5.74, 6) is 0. The number of hydrogen-bond donors (Lipinski definition) is 0. The standard InChI is InChI=1S/C20H21.C10H11NSi.2ClH.Zr/c1-14-12-16-6-5-7-18(19(16)13-14)15-8-10-17(11-9-15)20(2,3)4;1-6-9-7-4-5-11-8(7)10(6)12(9,2)3;;;/h5-13H,1-4H3;4-5H,1-3H3;2*1H;/q;;;;+2/p-2. The average Bonchev–Trinajstić information content (AvgIpc) is 3.45. The van der Waals surface area contributed by atoms with E-state index in [1.165, 1.54) is 50.2 Å². The normalized spacial score (nSPS) is 20.1. The van der Waals surface area contributed by atoms with E-state index in [0.29, 0.717) is 3.63 Å². The molecular weight excluding hydrogens is 565 g/mol. The third kappa shape index (κ3) is 4.52. The van der Waals surface area contributed by atoms with Gasteiger partial charge in [-0.2, -0.15) is 0 Å². The summed E-state index contributed by atoms with van der Waals surface area (Å²) in [5, 5.41) is 3.27. The van der Waals surface area contributed by atoms with Crippen LogP contribution in [0, 0.1) is 0 Å². The summed E-state index contributed by atoms with van der Waals surface area (Å²) in [6.45, 7) is 16.1. The number of fused-ring (bicyclic) bond motifs is 1. The van der Waals surface area contributed by atoms with Crippen molar-refractivity contribution in [2.75, 3.05) is 0 Å². The first-order valence-corrected chi connectivity index (χ1v) is 16.3. The molecule has 0 amide bonds. The molecule has 0 saturated heterocycles. The Hall–Kier alpha value is -1.25. The summed E-state index contributed by atoms with van der Waals surface area (Å²) in [6, 6.07) is 15.8. The molecule has 5 aliphatic rings. The zero-order chi connectivity index (χ0) is 23.7. The van der Waals surface area contributed by atoms with Crippen LogP contribution in [0.3, 0.4) is 0 Å². The Kier molecular flexibility index (Phi) is 8.01. The molecule has 2 bridgehead atoms. The van der Waals surface area contributed by atoms with Crippen molar-refractivity contribution in [1.82, 2.24) is 0 Å². The van der Waals surface area contributed by atoms with Crippen molar-refractivity contribution in [3.8, 4) is 11.1 Å². The Morgan fingerprint density at radius 2 is 1.57 bits per heavy atom. The van der Waals surface area contributed by atoms with E-state index in [4.69, 9.17) is 0 Å². The molecular formula is C30H32Cl2NSiZr. The smallest absolute Gasteiger partial charge is 1.00 e. The topological polar surface area (TPSA) is 12.4 Å². The van der Waals surface area contributed by atoms with Gasteiger partial charge in [-0.15, -0.1) is 0 Å². The zero-order valence-electron chi connectivity index (χ0n) is 21.6. The van der Waals surface area contributed by atoms with Crippen molar-refractivity contribution in [3.05, 3.63) is 98.5 Å². The van der Waals surface area contributed by atoms with Crippen LogP contribution < -0.4 is 24.8 Å². The van der Waals surface area contributed by atoms with Crippen LogP contribution in [0.4, 0.5) is 0 Å². The van der Waals surface area contributed by atoms with Gasteiger partial charge < -0.3 is 24.8 Å². The molecule has 1 unspecified atom stereocenters. The molecule has 0 N–H and O–H groups in total. The van der Waals surface area contributed by atoms with Gasteiger partial charge in [0.05, 0.1) is 5.71 Å². The van der Waals surface area contributed by atoms with E-state index < -0.39 is 8.07 Å². The molecule has 0 fully saturated rings. The van der Waals surface area contributed by atoms with Crippen molar-refractivity contribution in [3.63, 3.8) is 0 Å². The van der Waals surface area contributed by atoms with Gasteiger partial charge in [0.1, 0.15) is 8.07 Å². The summed E-state index contributed by atoms with van der Waals surface area (Å²) < 4.78 is 0.640. The van der Waals surface area contributed by atoms with E-state index >= 15 is 0 Å². The number of allylic oxidation sites excluding steroid dienone is 6. The SMILES string of the molecule is CC1=C2C3=NC=CC3=C1[Si]2(C)C.CC1=Cc2c(-c3ccc(C(C)(C)C)cc3)cccc2[CH]1[Zr+2].[Cl-].[Cl-]. The van der Waals surface area contributed by atoms with Gasteiger partial charge in [-0.3, -0.25) is 4.99 Å². The molecule has 2 aliphatic carbocycles. The second kappa shape index (κ2) is 9.90.